The lowest BCUT2D eigenvalue weighted by atomic mass is 9.98. The third-order valence-corrected chi connectivity index (χ3v) is 3.46. The fourth-order valence-corrected chi connectivity index (χ4v) is 2.57. The molecule has 1 aliphatic rings. The van der Waals surface area contributed by atoms with Gasteiger partial charge in [0.25, 0.3) is 0 Å². The summed E-state index contributed by atoms with van der Waals surface area (Å²) < 4.78 is 4.49. The number of alkyl carbamates (subject to hydrolysis) is 1. The topological polar surface area (TPSA) is 62.7 Å². The van der Waals surface area contributed by atoms with Crippen LogP contribution in [0.25, 0.3) is 0 Å². The van der Waals surface area contributed by atoms with Gasteiger partial charge in [0.15, 0.2) is 0 Å². The molecule has 1 aromatic carbocycles. The molecular formula is C12H13Cl2N3O2. The number of carbonyl (C=O) groups excluding carboxylic acids is 1. The highest BCUT2D eigenvalue weighted by atomic mass is 35.5. The molecule has 1 heterocycles. The smallest absolute Gasteiger partial charge is 0.413 e. The van der Waals surface area contributed by atoms with Gasteiger partial charge in [0, 0.05) is 22.5 Å². The maximum Gasteiger partial charge on any atom is 0.413 e. The van der Waals surface area contributed by atoms with Crippen molar-refractivity contribution in [2.45, 2.75) is 5.92 Å². The van der Waals surface area contributed by atoms with E-state index in [1.807, 2.05) is 0 Å². The molecule has 0 aromatic heterocycles. The highest BCUT2D eigenvalue weighted by Crippen LogP contribution is 2.32. The summed E-state index contributed by atoms with van der Waals surface area (Å²) in [4.78, 5) is 15.3. The molecule has 0 spiro atoms. The maximum absolute atomic E-state index is 11.0. The van der Waals surface area contributed by atoms with Gasteiger partial charge in [0.2, 0.25) is 5.96 Å². The van der Waals surface area contributed by atoms with Crippen LogP contribution in [0, 0.1) is 0 Å². The minimum atomic E-state index is -0.555. The number of rotatable bonds is 1. The number of amides is 1. The summed E-state index contributed by atoms with van der Waals surface area (Å²) in [5, 5.41) is 6.74. The fraction of sp³-hybridized carbons (Fsp3) is 0.333. The van der Waals surface area contributed by atoms with E-state index in [0.29, 0.717) is 29.1 Å². The molecule has 0 saturated heterocycles. The van der Waals surface area contributed by atoms with Crippen molar-refractivity contribution in [1.29, 1.82) is 0 Å². The van der Waals surface area contributed by atoms with Gasteiger partial charge in [-0.25, -0.2) is 4.79 Å². The maximum atomic E-state index is 11.0. The van der Waals surface area contributed by atoms with E-state index in [1.54, 1.807) is 18.2 Å². The molecule has 5 nitrogen and oxygen atoms in total. The first kappa shape index (κ1) is 14.0. The zero-order valence-electron chi connectivity index (χ0n) is 10.2. The van der Waals surface area contributed by atoms with Gasteiger partial charge in [-0.3, -0.25) is 10.3 Å². The lowest BCUT2D eigenvalue weighted by Crippen LogP contribution is -2.45. The molecule has 1 aliphatic heterocycles. The standard InChI is InChI=1S/C12H13Cl2N3O2/c1-19-12(18)17-11-15-5-7(6-16-11)10-8(13)3-2-4-9(10)14/h2-4,7H,5-6H2,1H3,(H2,15,16,17,18). The normalized spacial score (nSPS) is 18.3. The van der Waals surface area contributed by atoms with Crippen LogP contribution in [0.15, 0.2) is 23.2 Å². The van der Waals surface area contributed by atoms with Crippen LogP contribution in [-0.2, 0) is 4.74 Å². The summed E-state index contributed by atoms with van der Waals surface area (Å²) in [6.07, 6.45) is -0.555. The monoisotopic (exact) mass is 301 g/mol. The predicted octanol–water partition coefficient (Wildman–Crippen LogP) is 2.39. The van der Waals surface area contributed by atoms with Crippen LogP contribution in [0.3, 0.4) is 0 Å². The van der Waals surface area contributed by atoms with E-state index < -0.39 is 6.09 Å². The molecule has 2 rings (SSSR count). The molecule has 0 saturated carbocycles. The summed E-state index contributed by atoms with van der Waals surface area (Å²) in [5.41, 5.74) is 0.874. The van der Waals surface area contributed by atoms with Crippen molar-refractivity contribution >= 4 is 35.3 Å². The summed E-state index contributed by atoms with van der Waals surface area (Å²) in [6.45, 7) is 1.09. The third kappa shape index (κ3) is 3.30. The highest BCUT2D eigenvalue weighted by molar-refractivity contribution is 6.36. The van der Waals surface area contributed by atoms with E-state index in [1.165, 1.54) is 7.11 Å². The first-order valence-corrected chi connectivity index (χ1v) is 6.44. The molecule has 0 aliphatic carbocycles. The Balaban J connectivity index is 2.09. The van der Waals surface area contributed by atoms with Gasteiger partial charge in [0.1, 0.15) is 0 Å². The molecule has 102 valence electrons. The molecule has 2 N–H and O–H groups in total. The number of nitrogens with one attached hydrogen (secondary N) is 2. The van der Waals surface area contributed by atoms with Crippen LogP contribution in [0.1, 0.15) is 11.5 Å². The molecule has 0 bridgehead atoms. The summed E-state index contributed by atoms with van der Waals surface area (Å²) in [5.74, 6) is 0.468. The molecule has 0 fully saturated rings. The number of aliphatic imine (C=N–C) groups is 1. The number of ether oxygens (including phenoxy) is 1. The Hall–Kier alpha value is -1.46. The Morgan fingerprint density at radius 3 is 2.68 bits per heavy atom. The van der Waals surface area contributed by atoms with E-state index in [4.69, 9.17) is 23.2 Å². The number of methoxy groups -OCH3 is 1. The Labute approximate surface area is 120 Å². The molecule has 19 heavy (non-hydrogen) atoms. The number of hydrogen-bond donors (Lipinski definition) is 2. The molecule has 0 radical (unpaired) electrons. The van der Waals surface area contributed by atoms with Crippen LogP contribution in [0.4, 0.5) is 4.79 Å². The Bertz CT molecular complexity index is 499. The average Bonchev–Trinajstić information content (AvgIpc) is 2.40. The number of benzene rings is 1. The molecule has 1 atom stereocenters. The summed E-state index contributed by atoms with van der Waals surface area (Å²) in [7, 11) is 1.30. The highest BCUT2D eigenvalue weighted by Gasteiger charge is 2.22. The number of hydrogen-bond acceptors (Lipinski definition) is 4. The van der Waals surface area contributed by atoms with E-state index >= 15 is 0 Å². The minimum absolute atomic E-state index is 0.0735. The molecule has 7 heteroatoms. The quantitative estimate of drug-likeness (QED) is 0.837. The lowest BCUT2D eigenvalue weighted by Gasteiger charge is -2.24. The molecule has 1 unspecified atom stereocenters. The van der Waals surface area contributed by atoms with Crippen molar-refractivity contribution in [2.75, 3.05) is 20.2 Å². The predicted molar refractivity (Wildman–Crippen MR) is 75.0 cm³/mol. The Kier molecular flexibility index (Phi) is 4.50. The van der Waals surface area contributed by atoms with Gasteiger partial charge in [-0.1, -0.05) is 29.3 Å². The van der Waals surface area contributed by atoms with Crippen molar-refractivity contribution in [1.82, 2.24) is 10.6 Å². The Morgan fingerprint density at radius 1 is 1.47 bits per heavy atom. The van der Waals surface area contributed by atoms with Crippen molar-refractivity contribution in [3.63, 3.8) is 0 Å². The van der Waals surface area contributed by atoms with E-state index in [-0.39, 0.29) is 5.92 Å². The van der Waals surface area contributed by atoms with Crippen molar-refractivity contribution in [3.05, 3.63) is 33.8 Å². The van der Waals surface area contributed by atoms with Crippen LogP contribution in [0.5, 0.6) is 0 Å². The lowest BCUT2D eigenvalue weighted by molar-refractivity contribution is 0.176. The largest absolute Gasteiger partial charge is 0.453 e. The number of nitrogens with zero attached hydrogens (tertiary/aromatic N) is 1. The number of halogens is 2. The fourth-order valence-electron chi connectivity index (χ4n) is 1.87. The second-order valence-corrected chi connectivity index (χ2v) is 4.83. The summed E-state index contributed by atoms with van der Waals surface area (Å²) in [6, 6.07) is 5.40. The van der Waals surface area contributed by atoms with Crippen molar-refractivity contribution in [3.8, 4) is 0 Å². The van der Waals surface area contributed by atoms with Crippen molar-refractivity contribution < 1.29 is 9.53 Å². The second-order valence-electron chi connectivity index (χ2n) is 4.02. The van der Waals surface area contributed by atoms with Crippen molar-refractivity contribution in [2.24, 2.45) is 4.99 Å². The van der Waals surface area contributed by atoms with E-state index in [0.717, 1.165) is 5.56 Å². The second kappa shape index (κ2) is 6.12. The minimum Gasteiger partial charge on any atom is -0.453 e. The van der Waals surface area contributed by atoms with Crippen LogP contribution in [0.2, 0.25) is 10.0 Å². The van der Waals surface area contributed by atoms with Gasteiger partial charge in [-0.2, -0.15) is 0 Å². The zero-order chi connectivity index (χ0) is 13.8. The van der Waals surface area contributed by atoms with Gasteiger partial charge >= 0.3 is 6.09 Å². The van der Waals surface area contributed by atoms with Gasteiger partial charge < -0.3 is 10.1 Å². The first-order valence-electron chi connectivity index (χ1n) is 5.69. The third-order valence-electron chi connectivity index (χ3n) is 2.80. The first-order chi connectivity index (χ1) is 9.11. The summed E-state index contributed by atoms with van der Waals surface area (Å²) >= 11 is 12.3. The molecule has 1 aromatic rings. The number of carbonyl (C=O) groups is 1. The number of guanidine groups is 1. The average molecular weight is 302 g/mol. The SMILES string of the molecule is COC(=O)NC1=NCC(c2c(Cl)cccc2Cl)CN1. The molecule has 1 amide bonds. The molecular weight excluding hydrogens is 289 g/mol. The van der Waals surface area contributed by atoms with Gasteiger partial charge in [-0.05, 0) is 17.7 Å². The van der Waals surface area contributed by atoms with Crippen LogP contribution in [-0.4, -0.2) is 32.3 Å². The van der Waals surface area contributed by atoms with Crippen LogP contribution < -0.4 is 10.6 Å². The van der Waals surface area contributed by atoms with Crippen LogP contribution >= 0.6 is 23.2 Å². The van der Waals surface area contributed by atoms with E-state index in [2.05, 4.69) is 20.4 Å². The van der Waals surface area contributed by atoms with E-state index in [9.17, 15) is 4.79 Å². The zero-order valence-corrected chi connectivity index (χ0v) is 11.8. The van der Waals surface area contributed by atoms with Gasteiger partial charge in [-0.15, -0.1) is 0 Å². The Morgan fingerprint density at radius 2 is 2.16 bits per heavy atom. The van der Waals surface area contributed by atoms with Gasteiger partial charge in [0.05, 0.1) is 13.7 Å².